The second-order valence-corrected chi connectivity index (χ2v) is 6.65. The van der Waals surface area contributed by atoms with Crippen molar-refractivity contribution in [3.63, 3.8) is 0 Å². The second kappa shape index (κ2) is 6.92. The number of alkyl halides is 6. The van der Waals surface area contributed by atoms with Crippen molar-refractivity contribution in [3.05, 3.63) is 29.3 Å². The summed E-state index contributed by atoms with van der Waals surface area (Å²) in [5.41, 5.74) is -3.53. The van der Waals surface area contributed by atoms with Gasteiger partial charge in [-0.05, 0) is 56.0 Å². The van der Waals surface area contributed by atoms with Gasteiger partial charge in [-0.2, -0.15) is 26.3 Å². The van der Waals surface area contributed by atoms with E-state index in [0.29, 0.717) is 18.6 Å². The standard InChI is InChI=1S/C16H16F6N2O.ClH/c17-15(18,19)9-5-10(16(20,21)22)7-11(6-9)24-13(25)12-8-14(12)1-3-23-4-2-14;/h5-7,12,23H,1-4,8H2,(H,24,25);1H. The number of halogens is 7. The summed E-state index contributed by atoms with van der Waals surface area (Å²) >= 11 is 0. The van der Waals surface area contributed by atoms with Crippen molar-refractivity contribution >= 4 is 24.0 Å². The van der Waals surface area contributed by atoms with E-state index >= 15 is 0 Å². The molecule has 1 aromatic rings. The van der Waals surface area contributed by atoms with Gasteiger partial charge in [-0.3, -0.25) is 4.79 Å². The molecule has 1 spiro atoms. The number of rotatable bonds is 2. The van der Waals surface area contributed by atoms with Crippen LogP contribution in [0.5, 0.6) is 0 Å². The molecule has 1 aliphatic carbocycles. The number of nitrogens with one attached hydrogen (secondary N) is 2. The number of amides is 1. The minimum atomic E-state index is -4.93. The van der Waals surface area contributed by atoms with Crippen LogP contribution in [0.2, 0.25) is 0 Å². The molecule has 0 bridgehead atoms. The molecule has 1 aromatic carbocycles. The van der Waals surface area contributed by atoms with Crippen LogP contribution in [0.4, 0.5) is 32.0 Å². The van der Waals surface area contributed by atoms with Crippen LogP contribution < -0.4 is 10.6 Å². The van der Waals surface area contributed by atoms with Gasteiger partial charge in [0.05, 0.1) is 11.1 Å². The normalized spacial score (nSPS) is 21.8. The third kappa shape index (κ3) is 4.25. The topological polar surface area (TPSA) is 41.1 Å². The molecule has 146 valence electrons. The highest BCUT2D eigenvalue weighted by Gasteiger charge is 2.57. The number of carbonyl (C=O) groups excluding carboxylic acids is 1. The average molecular weight is 403 g/mol. The highest BCUT2D eigenvalue weighted by atomic mass is 35.5. The van der Waals surface area contributed by atoms with Gasteiger partial charge in [0, 0.05) is 11.6 Å². The fourth-order valence-corrected chi connectivity index (χ4v) is 3.45. The maximum absolute atomic E-state index is 12.8. The minimum absolute atomic E-state index is 0. The first-order chi connectivity index (χ1) is 11.5. The molecule has 2 fully saturated rings. The van der Waals surface area contributed by atoms with Crippen LogP contribution in [0.15, 0.2) is 18.2 Å². The van der Waals surface area contributed by atoms with Gasteiger partial charge in [0.25, 0.3) is 0 Å². The highest BCUT2D eigenvalue weighted by Crippen LogP contribution is 2.58. The highest BCUT2D eigenvalue weighted by molar-refractivity contribution is 5.95. The lowest BCUT2D eigenvalue weighted by Crippen LogP contribution is -2.31. The minimum Gasteiger partial charge on any atom is -0.326 e. The smallest absolute Gasteiger partial charge is 0.326 e. The molecule has 1 heterocycles. The Morgan fingerprint density at radius 2 is 1.50 bits per heavy atom. The molecule has 3 rings (SSSR count). The zero-order valence-corrected chi connectivity index (χ0v) is 14.2. The second-order valence-electron chi connectivity index (χ2n) is 6.65. The summed E-state index contributed by atoms with van der Waals surface area (Å²) in [6, 6.07) is 1.11. The van der Waals surface area contributed by atoms with E-state index in [2.05, 4.69) is 10.6 Å². The SMILES string of the molecule is Cl.O=C(Nc1cc(C(F)(F)F)cc(C(F)(F)F)c1)C1CC12CCNCC2. The lowest BCUT2D eigenvalue weighted by atomic mass is 9.91. The van der Waals surface area contributed by atoms with Crippen molar-refractivity contribution in [3.8, 4) is 0 Å². The molecular weight excluding hydrogens is 386 g/mol. The number of benzene rings is 1. The summed E-state index contributed by atoms with van der Waals surface area (Å²) in [6.07, 6.45) is -7.69. The lowest BCUT2D eigenvalue weighted by molar-refractivity contribution is -0.143. The summed E-state index contributed by atoms with van der Waals surface area (Å²) in [7, 11) is 0. The number of carbonyl (C=O) groups is 1. The Balaban J connectivity index is 0.00000243. The largest absolute Gasteiger partial charge is 0.416 e. The summed E-state index contributed by atoms with van der Waals surface area (Å²) < 4.78 is 77.1. The molecular formula is C16H17ClF6N2O. The Labute approximate surface area is 151 Å². The van der Waals surface area contributed by atoms with Crippen molar-refractivity contribution in [2.45, 2.75) is 31.6 Å². The van der Waals surface area contributed by atoms with Crippen molar-refractivity contribution in [2.75, 3.05) is 18.4 Å². The summed E-state index contributed by atoms with van der Waals surface area (Å²) in [6.45, 7) is 1.51. The molecule has 26 heavy (non-hydrogen) atoms. The van der Waals surface area contributed by atoms with Gasteiger partial charge in [-0.25, -0.2) is 0 Å². The molecule has 0 aromatic heterocycles. The van der Waals surface area contributed by atoms with E-state index < -0.39 is 35.1 Å². The van der Waals surface area contributed by atoms with Crippen LogP contribution in [0.1, 0.15) is 30.4 Å². The van der Waals surface area contributed by atoms with Crippen LogP contribution in [0, 0.1) is 11.3 Å². The van der Waals surface area contributed by atoms with Crippen LogP contribution in [-0.4, -0.2) is 19.0 Å². The molecule has 2 aliphatic rings. The number of anilines is 1. The maximum Gasteiger partial charge on any atom is 0.416 e. The van der Waals surface area contributed by atoms with Gasteiger partial charge in [0.2, 0.25) is 5.91 Å². The average Bonchev–Trinajstić information content (AvgIpc) is 3.19. The summed E-state index contributed by atoms with van der Waals surface area (Å²) in [4.78, 5) is 12.3. The van der Waals surface area contributed by atoms with E-state index in [9.17, 15) is 31.1 Å². The first-order valence-corrected chi connectivity index (χ1v) is 7.82. The van der Waals surface area contributed by atoms with Crippen molar-refractivity contribution in [1.82, 2.24) is 5.32 Å². The Morgan fingerprint density at radius 3 is 1.96 bits per heavy atom. The molecule has 1 saturated heterocycles. The van der Waals surface area contributed by atoms with Gasteiger partial charge in [-0.15, -0.1) is 12.4 Å². The van der Waals surface area contributed by atoms with Crippen LogP contribution in [0.3, 0.4) is 0 Å². The quantitative estimate of drug-likeness (QED) is 0.716. The van der Waals surface area contributed by atoms with E-state index in [-0.39, 0.29) is 29.8 Å². The van der Waals surface area contributed by atoms with Crippen LogP contribution in [-0.2, 0) is 17.1 Å². The molecule has 2 N–H and O–H groups in total. The lowest BCUT2D eigenvalue weighted by Gasteiger charge is -2.23. The first-order valence-electron chi connectivity index (χ1n) is 7.82. The Bertz CT molecular complexity index is 650. The van der Waals surface area contributed by atoms with Gasteiger partial charge in [0.1, 0.15) is 0 Å². The van der Waals surface area contributed by atoms with Crippen molar-refractivity contribution in [1.29, 1.82) is 0 Å². The molecule has 1 amide bonds. The van der Waals surface area contributed by atoms with Gasteiger partial charge in [-0.1, -0.05) is 0 Å². The molecule has 3 nitrogen and oxygen atoms in total. The summed E-state index contributed by atoms with van der Waals surface area (Å²) in [5, 5.41) is 5.40. The molecule has 1 unspecified atom stereocenters. The molecule has 10 heteroatoms. The van der Waals surface area contributed by atoms with Crippen LogP contribution in [0.25, 0.3) is 0 Å². The fourth-order valence-electron chi connectivity index (χ4n) is 3.45. The third-order valence-electron chi connectivity index (χ3n) is 4.96. The first kappa shape index (κ1) is 20.8. The van der Waals surface area contributed by atoms with E-state index in [0.717, 1.165) is 25.9 Å². The van der Waals surface area contributed by atoms with Crippen LogP contribution >= 0.6 is 12.4 Å². The number of hydrogen-bond donors (Lipinski definition) is 2. The number of hydrogen-bond acceptors (Lipinski definition) is 2. The monoisotopic (exact) mass is 402 g/mol. The van der Waals surface area contributed by atoms with E-state index in [1.54, 1.807) is 0 Å². The van der Waals surface area contributed by atoms with Gasteiger partial charge >= 0.3 is 12.4 Å². The van der Waals surface area contributed by atoms with E-state index in [1.807, 2.05) is 0 Å². The maximum atomic E-state index is 12.8. The predicted molar refractivity (Wildman–Crippen MR) is 85.0 cm³/mol. The Kier molecular flexibility index (Phi) is 5.54. The third-order valence-corrected chi connectivity index (χ3v) is 4.96. The van der Waals surface area contributed by atoms with E-state index in [4.69, 9.17) is 0 Å². The number of piperidine rings is 1. The summed E-state index contributed by atoms with van der Waals surface area (Å²) in [5.74, 6) is -0.882. The molecule has 1 atom stereocenters. The van der Waals surface area contributed by atoms with Crippen molar-refractivity contribution < 1.29 is 31.1 Å². The zero-order chi connectivity index (χ0) is 18.5. The van der Waals surface area contributed by atoms with Gasteiger partial charge in [0.15, 0.2) is 0 Å². The van der Waals surface area contributed by atoms with Gasteiger partial charge < -0.3 is 10.6 Å². The molecule has 1 aliphatic heterocycles. The molecule has 1 saturated carbocycles. The zero-order valence-electron chi connectivity index (χ0n) is 13.4. The van der Waals surface area contributed by atoms with Crippen molar-refractivity contribution in [2.24, 2.45) is 11.3 Å². The Morgan fingerprint density at radius 1 is 1.00 bits per heavy atom. The fraction of sp³-hybridized carbons (Fsp3) is 0.562. The predicted octanol–water partition coefficient (Wildman–Crippen LogP) is 4.47. The molecule has 0 radical (unpaired) electrons. The van der Waals surface area contributed by atoms with E-state index in [1.165, 1.54) is 0 Å². The Hall–Kier alpha value is -1.48.